The van der Waals surface area contributed by atoms with Gasteiger partial charge in [0.05, 0.1) is 15.9 Å². The summed E-state index contributed by atoms with van der Waals surface area (Å²) in [4.78, 5) is 4.17. The highest BCUT2D eigenvalue weighted by Crippen LogP contribution is 2.68. The van der Waals surface area contributed by atoms with Crippen LogP contribution in [0, 0.1) is 6.92 Å². The molecule has 0 radical (unpaired) electrons. The first-order valence-electron chi connectivity index (χ1n) is 21.9. The lowest BCUT2D eigenvalue weighted by Crippen LogP contribution is -2.55. The maximum atomic E-state index is 2.71. The van der Waals surface area contributed by atoms with Crippen molar-refractivity contribution >= 4 is 51.7 Å². The molecule has 60 heavy (non-hydrogen) atoms. The van der Waals surface area contributed by atoms with Crippen molar-refractivity contribution in [2.45, 2.75) is 103 Å². The van der Waals surface area contributed by atoms with E-state index in [9.17, 15) is 0 Å². The summed E-state index contributed by atoms with van der Waals surface area (Å²) in [6.45, 7) is 26.5. The zero-order chi connectivity index (χ0) is 41.9. The summed E-state index contributed by atoms with van der Waals surface area (Å²) < 4.78 is 2.38. The number of anilines is 2. The van der Waals surface area contributed by atoms with Gasteiger partial charge in [0.25, 0.3) is 6.71 Å². The normalized spacial score (nSPS) is 21.0. The fourth-order valence-electron chi connectivity index (χ4n) is 11.6. The summed E-state index contributed by atoms with van der Waals surface area (Å²) in [5.41, 5.74) is 21.2. The number of thioether (sulfide) groups is 1. The maximum Gasteiger partial charge on any atom is 0.259 e. The number of nitrogens with zero attached hydrogens (tertiary/aromatic N) is 2. The standard InChI is InChI=1S/C56H55BN2S/c1-34-30-44-47-45(31-34)59-48-41(46-49(59)40-24-18-19-25-42(40)54(46,8)9)32-38(53(5,6)7)33-43(48)57(47)51-50(58(44)39-28-26-35(27-29-39)52(2,3)4)55(10,36-20-14-12-15-21-36)56(11,60-51)37-22-16-13-17-23-37/h12-33H,1-11H3. The van der Waals surface area contributed by atoms with Gasteiger partial charge in [-0.25, -0.2) is 0 Å². The SMILES string of the molecule is Cc1cc2c3c(c1)-n1c4c(c5cc(C(C)(C)C)cc(c51)B3C1=C(N2c2ccc(C(C)(C)C)cc2)C(C)(c2ccccc2)C(C)(c2ccccc2)S1)C(C)(C)c1ccccc1-4. The lowest BCUT2D eigenvalue weighted by molar-refractivity contribution is 0.426. The van der Waals surface area contributed by atoms with Gasteiger partial charge in [-0.15, -0.1) is 11.8 Å². The molecule has 4 aliphatic rings. The molecule has 2 atom stereocenters. The maximum absolute atomic E-state index is 2.71. The minimum absolute atomic E-state index is 0.0434. The van der Waals surface area contributed by atoms with Gasteiger partial charge in [-0.05, 0) is 117 Å². The van der Waals surface area contributed by atoms with Crippen LogP contribution in [0.15, 0.2) is 144 Å². The van der Waals surface area contributed by atoms with E-state index in [1.54, 1.807) is 0 Å². The molecule has 7 aromatic rings. The van der Waals surface area contributed by atoms with Gasteiger partial charge >= 0.3 is 0 Å². The van der Waals surface area contributed by atoms with Crippen LogP contribution < -0.4 is 15.8 Å². The van der Waals surface area contributed by atoms with E-state index in [2.05, 4.69) is 231 Å². The third-order valence-corrected chi connectivity index (χ3v) is 16.6. The number of allylic oxidation sites excluding steroid dienone is 1. The quantitative estimate of drug-likeness (QED) is 0.165. The number of aryl methyl sites for hydroxylation is 1. The Hall–Kier alpha value is -5.19. The van der Waals surface area contributed by atoms with Crippen molar-refractivity contribution in [1.82, 2.24) is 4.57 Å². The number of fused-ring (bicyclic) bond motifs is 8. The van der Waals surface area contributed by atoms with E-state index in [1.165, 1.54) is 99.6 Å². The van der Waals surface area contributed by atoms with Crippen LogP contribution in [-0.4, -0.2) is 11.3 Å². The molecule has 1 aromatic heterocycles. The Morgan fingerprint density at radius 3 is 1.87 bits per heavy atom. The number of aromatic nitrogens is 1. The molecule has 3 aliphatic heterocycles. The molecule has 4 heterocycles. The smallest absolute Gasteiger partial charge is 0.259 e. The van der Waals surface area contributed by atoms with Gasteiger partial charge in [-0.3, -0.25) is 0 Å². The summed E-state index contributed by atoms with van der Waals surface area (Å²) in [5.74, 6) is 0. The summed E-state index contributed by atoms with van der Waals surface area (Å²) in [6.07, 6.45) is 0. The molecule has 4 heteroatoms. The van der Waals surface area contributed by atoms with Gasteiger partial charge < -0.3 is 9.47 Å². The molecule has 0 N–H and O–H groups in total. The molecular formula is C56H55BN2S. The van der Waals surface area contributed by atoms with Crippen molar-refractivity contribution in [1.29, 1.82) is 0 Å². The van der Waals surface area contributed by atoms with Crippen LogP contribution >= 0.6 is 11.8 Å². The Kier molecular flexibility index (Phi) is 7.70. The van der Waals surface area contributed by atoms with Crippen molar-refractivity contribution < 1.29 is 0 Å². The Morgan fingerprint density at radius 2 is 1.22 bits per heavy atom. The molecule has 2 nitrogen and oxygen atoms in total. The zero-order valence-corrected chi connectivity index (χ0v) is 37.9. The van der Waals surface area contributed by atoms with Gasteiger partial charge in [0.2, 0.25) is 0 Å². The van der Waals surface area contributed by atoms with Crippen molar-refractivity contribution in [3.05, 3.63) is 183 Å². The fourth-order valence-corrected chi connectivity index (χ4v) is 13.5. The average Bonchev–Trinajstić information content (AvgIpc) is 3.79. The third kappa shape index (κ3) is 4.80. The Bertz CT molecular complexity index is 2980. The second-order valence-corrected chi connectivity index (χ2v) is 22.4. The molecule has 0 saturated heterocycles. The summed E-state index contributed by atoms with van der Waals surface area (Å²) in [7, 11) is 0. The third-order valence-electron chi connectivity index (χ3n) is 14.9. The lowest BCUT2D eigenvalue weighted by Gasteiger charge is -2.48. The summed E-state index contributed by atoms with van der Waals surface area (Å²) in [5, 5.41) is 1.41. The Balaban J connectivity index is 1.33. The van der Waals surface area contributed by atoms with Crippen LogP contribution in [0.5, 0.6) is 0 Å². The fraction of sp³-hybridized carbons (Fsp3) is 0.286. The molecule has 11 rings (SSSR count). The molecular weight excluding hydrogens is 744 g/mol. The first-order valence-corrected chi connectivity index (χ1v) is 22.7. The number of hydrogen-bond donors (Lipinski definition) is 0. The van der Waals surface area contributed by atoms with E-state index in [1.807, 2.05) is 0 Å². The largest absolute Gasteiger partial charge is 0.314 e. The first-order chi connectivity index (χ1) is 28.5. The van der Waals surface area contributed by atoms with E-state index in [-0.39, 0.29) is 27.7 Å². The highest BCUT2D eigenvalue weighted by Gasteiger charge is 2.62. The number of benzene rings is 6. The van der Waals surface area contributed by atoms with Gasteiger partial charge in [0, 0.05) is 44.6 Å². The van der Waals surface area contributed by atoms with Crippen LogP contribution in [-0.2, 0) is 26.4 Å². The minimum Gasteiger partial charge on any atom is -0.314 e. The van der Waals surface area contributed by atoms with Crippen LogP contribution in [0.2, 0.25) is 0 Å². The second kappa shape index (κ2) is 12.2. The molecule has 0 spiro atoms. The first kappa shape index (κ1) is 37.8. The predicted octanol–water partition coefficient (Wildman–Crippen LogP) is 13.3. The van der Waals surface area contributed by atoms with Crippen molar-refractivity contribution in [3.8, 4) is 16.9 Å². The van der Waals surface area contributed by atoms with Crippen molar-refractivity contribution in [3.63, 3.8) is 0 Å². The van der Waals surface area contributed by atoms with E-state index in [0.29, 0.717) is 0 Å². The zero-order valence-electron chi connectivity index (χ0n) is 37.1. The van der Waals surface area contributed by atoms with Gasteiger partial charge in [0.1, 0.15) is 0 Å². The summed E-state index contributed by atoms with van der Waals surface area (Å²) in [6, 6.07) is 51.7. The highest BCUT2D eigenvalue weighted by molar-refractivity contribution is 8.06. The average molecular weight is 799 g/mol. The van der Waals surface area contributed by atoms with Gasteiger partial charge in [0.15, 0.2) is 0 Å². The molecule has 1 aliphatic carbocycles. The molecule has 2 unspecified atom stereocenters. The molecule has 6 aromatic carbocycles. The Labute approximate surface area is 361 Å². The molecule has 298 valence electrons. The van der Waals surface area contributed by atoms with E-state index < -0.39 is 5.41 Å². The van der Waals surface area contributed by atoms with Crippen LogP contribution in [0.4, 0.5) is 11.4 Å². The summed E-state index contributed by atoms with van der Waals surface area (Å²) >= 11 is 2.12. The van der Waals surface area contributed by atoms with Crippen LogP contribution in [0.25, 0.3) is 27.8 Å². The lowest BCUT2D eigenvalue weighted by atomic mass is 9.36. The van der Waals surface area contributed by atoms with Gasteiger partial charge in [-0.1, -0.05) is 159 Å². The van der Waals surface area contributed by atoms with Crippen LogP contribution in [0.1, 0.15) is 108 Å². The Morgan fingerprint density at radius 1 is 0.617 bits per heavy atom. The molecule has 0 amide bonds. The topological polar surface area (TPSA) is 8.17 Å². The van der Waals surface area contributed by atoms with Crippen LogP contribution in [0.3, 0.4) is 0 Å². The number of hydrogen-bond acceptors (Lipinski definition) is 2. The van der Waals surface area contributed by atoms with E-state index in [0.717, 1.165) is 0 Å². The van der Waals surface area contributed by atoms with E-state index in [4.69, 9.17) is 0 Å². The van der Waals surface area contributed by atoms with E-state index >= 15 is 0 Å². The van der Waals surface area contributed by atoms with Crippen molar-refractivity contribution in [2.75, 3.05) is 4.90 Å². The van der Waals surface area contributed by atoms with Crippen molar-refractivity contribution in [2.24, 2.45) is 0 Å². The molecule has 0 bridgehead atoms. The van der Waals surface area contributed by atoms with Gasteiger partial charge in [-0.2, -0.15) is 0 Å². The molecule has 0 saturated carbocycles. The number of rotatable bonds is 3. The predicted molar refractivity (Wildman–Crippen MR) is 259 cm³/mol. The minimum atomic E-state index is -0.414. The second-order valence-electron chi connectivity index (χ2n) is 20.9. The monoisotopic (exact) mass is 798 g/mol. The highest BCUT2D eigenvalue weighted by atomic mass is 32.2. The molecule has 0 fully saturated rings.